The van der Waals surface area contributed by atoms with E-state index in [0.717, 1.165) is 6.07 Å². The number of carbonyl (C=O) groups excluding carboxylic acids is 1. The number of nitrogens with two attached hydrogens (primary N) is 1. The molecule has 0 aliphatic heterocycles. The van der Waals surface area contributed by atoms with Crippen LogP contribution in [0.15, 0.2) is 42.5 Å². The van der Waals surface area contributed by atoms with E-state index < -0.39 is 23.9 Å². The average molecular weight is 357 g/mol. The molecule has 2 rings (SSSR count). The second-order valence-electron chi connectivity index (χ2n) is 4.98. The van der Waals surface area contributed by atoms with Crippen molar-refractivity contribution in [3.05, 3.63) is 69.5 Å². The minimum Gasteiger partial charge on any atom is -0.387 e. The lowest BCUT2D eigenvalue weighted by Crippen LogP contribution is -2.36. The van der Waals surface area contributed by atoms with Gasteiger partial charge >= 0.3 is 0 Å². The molecule has 7 heteroatoms. The van der Waals surface area contributed by atoms with Crippen LogP contribution in [0.4, 0.5) is 4.39 Å². The van der Waals surface area contributed by atoms with Crippen molar-refractivity contribution in [2.75, 3.05) is 6.54 Å². The van der Waals surface area contributed by atoms with Crippen LogP contribution in [0.1, 0.15) is 23.3 Å². The number of hydrogen-bond acceptors (Lipinski definition) is 3. The van der Waals surface area contributed by atoms with Crippen LogP contribution in [-0.2, 0) is 4.79 Å². The van der Waals surface area contributed by atoms with Crippen molar-refractivity contribution >= 4 is 29.1 Å². The molecule has 0 spiro atoms. The predicted molar refractivity (Wildman–Crippen MR) is 87.8 cm³/mol. The molecule has 0 aliphatic rings. The first kappa shape index (κ1) is 17.7. The monoisotopic (exact) mass is 356 g/mol. The zero-order valence-corrected chi connectivity index (χ0v) is 13.5. The largest absolute Gasteiger partial charge is 0.387 e. The smallest absolute Gasteiger partial charge is 0.239 e. The number of rotatable bonds is 6. The maximum Gasteiger partial charge on any atom is 0.239 e. The van der Waals surface area contributed by atoms with E-state index in [2.05, 4.69) is 5.32 Å². The van der Waals surface area contributed by atoms with Gasteiger partial charge in [0.1, 0.15) is 11.9 Å². The highest BCUT2D eigenvalue weighted by Gasteiger charge is 2.20. The Morgan fingerprint density at radius 2 is 1.87 bits per heavy atom. The third-order valence-corrected chi connectivity index (χ3v) is 3.90. The molecule has 2 unspecified atom stereocenters. The van der Waals surface area contributed by atoms with Crippen molar-refractivity contribution in [3.63, 3.8) is 0 Å². The molecule has 0 heterocycles. The van der Waals surface area contributed by atoms with Crippen molar-refractivity contribution in [3.8, 4) is 0 Å². The van der Waals surface area contributed by atoms with Crippen molar-refractivity contribution in [1.29, 1.82) is 0 Å². The molecule has 0 radical (unpaired) electrons. The maximum atomic E-state index is 13.0. The Balaban J connectivity index is 2.09. The number of hydrogen-bond donors (Lipinski definition) is 3. The highest BCUT2D eigenvalue weighted by atomic mass is 35.5. The molecule has 0 saturated carbocycles. The van der Waals surface area contributed by atoms with Crippen LogP contribution < -0.4 is 11.1 Å². The molecular weight excluding hydrogens is 342 g/mol. The Kier molecular flexibility index (Phi) is 5.96. The first-order valence-electron chi connectivity index (χ1n) is 6.79. The summed E-state index contributed by atoms with van der Waals surface area (Å²) in [6.45, 7) is 0.0155. The number of aliphatic hydroxyl groups is 1. The third kappa shape index (κ3) is 4.65. The summed E-state index contributed by atoms with van der Waals surface area (Å²) in [5, 5.41) is 13.7. The average Bonchev–Trinajstić information content (AvgIpc) is 2.48. The Bertz CT molecular complexity index is 695. The van der Waals surface area contributed by atoms with Crippen LogP contribution in [0.5, 0.6) is 0 Å². The summed E-state index contributed by atoms with van der Waals surface area (Å²) in [5.41, 5.74) is 6.38. The second kappa shape index (κ2) is 7.75. The van der Waals surface area contributed by atoms with E-state index in [1.54, 1.807) is 24.3 Å². The lowest BCUT2D eigenvalue weighted by molar-refractivity contribution is -0.120. The Morgan fingerprint density at radius 1 is 1.22 bits per heavy atom. The molecule has 2 atom stereocenters. The van der Waals surface area contributed by atoms with E-state index in [-0.39, 0.29) is 11.6 Å². The summed E-state index contributed by atoms with van der Waals surface area (Å²) in [7, 11) is 0. The number of primary amides is 1. The fraction of sp³-hybridized carbons (Fsp3) is 0.188. The van der Waals surface area contributed by atoms with Crippen LogP contribution in [0.3, 0.4) is 0 Å². The quantitative estimate of drug-likeness (QED) is 0.744. The molecule has 4 N–H and O–H groups in total. The lowest BCUT2D eigenvalue weighted by atomic mass is 10.0. The van der Waals surface area contributed by atoms with Crippen molar-refractivity contribution in [2.45, 2.75) is 12.1 Å². The summed E-state index contributed by atoms with van der Waals surface area (Å²) >= 11 is 11.7. The van der Waals surface area contributed by atoms with E-state index in [1.807, 2.05) is 0 Å². The first-order valence-corrected chi connectivity index (χ1v) is 7.55. The van der Waals surface area contributed by atoms with E-state index in [4.69, 9.17) is 28.9 Å². The normalized spacial score (nSPS) is 13.6. The van der Waals surface area contributed by atoms with Gasteiger partial charge in [-0.2, -0.15) is 0 Å². The number of nitrogens with one attached hydrogen (secondary N) is 1. The predicted octanol–water partition coefficient (Wildman–Crippen LogP) is 2.98. The Morgan fingerprint density at radius 3 is 2.43 bits per heavy atom. The Labute approximate surface area is 143 Å². The second-order valence-corrected chi connectivity index (χ2v) is 5.82. The van der Waals surface area contributed by atoms with Crippen LogP contribution in [0.2, 0.25) is 10.0 Å². The molecule has 0 aromatic heterocycles. The maximum absolute atomic E-state index is 13.0. The van der Waals surface area contributed by atoms with Gasteiger partial charge in [-0.05, 0) is 29.8 Å². The number of amides is 1. The number of carbonyl (C=O) groups is 1. The fourth-order valence-electron chi connectivity index (χ4n) is 2.15. The molecule has 0 aliphatic carbocycles. The van der Waals surface area contributed by atoms with Gasteiger partial charge < -0.3 is 10.8 Å². The summed E-state index contributed by atoms with van der Waals surface area (Å²) in [6.07, 6.45) is -1.02. The van der Waals surface area contributed by atoms with E-state index in [9.17, 15) is 14.3 Å². The van der Waals surface area contributed by atoms with Gasteiger partial charge in [-0.15, -0.1) is 0 Å². The summed E-state index contributed by atoms with van der Waals surface area (Å²) in [4.78, 5) is 11.6. The topological polar surface area (TPSA) is 75.4 Å². The van der Waals surface area contributed by atoms with Crippen LogP contribution in [0.25, 0.3) is 0 Å². The minimum atomic E-state index is -1.02. The van der Waals surface area contributed by atoms with Gasteiger partial charge in [0, 0.05) is 22.2 Å². The zero-order chi connectivity index (χ0) is 17.0. The fourth-order valence-corrected chi connectivity index (χ4v) is 2.57. The number of aliphatic hydroxyl groups excluding tert-OH is 1. The highest BCUT2D eigenvalue weighted by molar-refractivity contribution is 6.31. The van der Waals surface area contributed by atoms with E-state index >= 15 is 0 Å². The van der Waals surface area contributed by atoms with Crippen molar-refractivity contribution in [1.82, 2.24) is 5.32 Å². The standard InChI is InChI=1S/C16H15Cl2FN2O2/c17-10-3-1-9(2-4-10)15(16(20)23)21-8-14(22)12-6-5-11(19)7-13(12)18/h1-7,14-15,21-22H,8H2,(H2,20,23). The molecular formula is C16H15Cl2FN2O2. The number of benzene rings is 2. The molecule has 0 fully saturated rings. The SMILES string of the molecule is NC(=O)C(NCC(O)c1ccc(F)cc1Cl)c1ccc(Cl)cc1. The van der Waals surface area contributed by atoms with Gasteiger partial charge in [-0.3, -0.25) is 10.1 Å². The molecule has 1 amide bonds. The summed E-state index contributed by atoms with van der Waals surface area (Å²) in [6, 6.07) is 9.54. The zero-order valence-electron chi connectivity index (χ0n) is 12.0. The van der Waals surface area contributed by atoms with Gasteiger partial charge in [0.15, 0.2) is 0 Å². The third-order valence-electron chi connectivity index (χ3n) is 3.32. The van der Waals surface area contributed by atoms with Gasteiger partial charge in [-0.1, -0.05) is 41.4 Å². The van der Waals surface area contributed by atoms with Gasteiger partial charge in [0.25, 0.3) is 0 Å². The van der Waals surface area contributed by atoms with Crippen molar-refractivity contribution < 1.29 is 14.3 Å². The summed E-state index contributed by atoms with van der Waals surface area (Å²) in [5.74, 6) is -1.08. The molecule has 2 aromatic rings. The van der Waals surface area contributed by atoms with Gasteiger partial charge in [0.05, 0.1) is 6.10 Å². The molecule has 122 valence electrons. The van der Waals surface area contributed by atoms with Crippen molar-refractivity contribution in [2.24, 2.45) is 5.73 Å². The van der Waals surface area contributed by atoms with E-state index in [0.29, 0.717) is 16.1 Å². The van der Waals surface area contributed by atoms with E-state index in [1.165, 1.54) is 12.1 Å². The van der Waals surface area contributed by atoms with Crippen LogP contribution >= 0.6 is 23.2 Å². The van der Waals surface area contributed by atoms with Crippen LogP contribution in [-0.4, -0.2) is 17.6 Å². The summed E-state index contributed by atoms with van der Waals surface area (Å²) < 4.78 is 13.0. The molecule has 2 aromatic carbocycles. The number of halogens is 3. The minimum absolute atomic E-state index is 0.0155. The van der Waals surface area contributed by atoms with Gasteiger partial charge in [0.2, 0.25) is 5.91 Å². The molecule has 4 nitrogen and oxygen atoms in total. The first-order chi connectivity index (χ1) is 10.9. The molecule has 0 bridgehead atoms. The highest BCUT2D eigenvalue weighted by Crippen LogP contribution is 2.24. The lowest BCUT2D eigenvalue weighted by Gasteiger charge is -2.19. The van der Waals surface area contributed by atoms with Gasteiger partial charge in [-0.25, -0.2) is 4.39 Å². The Hall–Kier alpha value is -1.66. The van der Waals surface area contributed by atoms with Crippen LogP contribution in [0, 0.1) is 5.82 Å². The molecule has 0 saturated heterocycles. The molecule has 23 heavy (non-hydrogen) atoms.